The summed E-state index contributed by atoms with van der Waals surface area (Å²) in [7, 11) is 0. The molecule has 0 fully saturated rings. The van der Waals surface area contributed by atoms with Crippen LogP contribution in [0.15, 0.2) is 24.4 Å². The molecule has 0 aliphatic rings. The summed E-state index contributed by atoms with van der Waals surface area (Å²) in [6.07, 6.45) is 7.79. The van der Waals surface area contributed by atoms with E-state index < -0.39 is 0 Å². The number of terminal acetylenes is 1. The molecule has 0 amide bonds. The number of hydrogen-bond acceptors (Lipinski definition) is 1. The van der Waals surface area contributed by atoms with Crippen LogP contribution in [0.5, 0.6) is 0 Å². The number of carbonyl (C=O) groups is 1. The van der Waals surface area contributed by atoms with Crippen molar-refractivity contribution in [3.63, 3.8) is 0 Å². The number of fused-ring (bicyclic) bond motifs is 1. The van der Waals surface area contributed by atoms with Crippen LogP contribution in [0.2, 0.25) is 0 Å². The first-order valence-corrected chi connectivity index (χ1v) is 3.88. The third kappa shape index (κ3) is 1.02. The van der Waals surface area contributed by atoms with E-state index in [9.17, 15) is 4.79 Å². The van der Waals surface area contributed by atoms with Gasteiger partial charge in [-0.05, 0) is 12.1 Å². The Labute approximate surface area is 75.6 Å². The first kappa shape index (κ1) is 7.63. The molecular weight excluding hydrogens is 162 g/mol. The van der Waals surface area contributed by atoms with Gasteiger partial charge >= 0.3 is 0 Å². The van der Waals surface area contributed by atoms with E-state index in [1.54, 1.807) is 6.20 Å². The Kier molecular flexibility index (Phi) is 1.64. The van der Waals surface area contributed by atoms with Gasteiger partial charge in [-0.1, -0.05) is 12.0 Å². The van der Waals surface area contributed by atoms with Crippen LogP contribution < -0.4 is 0 Å². The van der Waals surface area contributed by atoms with Gasteiger partial charge in [0, 0.05) is 28.2 Å². The highest BCUT2D eigenvalue weighted by Crippen LogP contribution is 2.20. The van der Waals surface area contributed by atoms with Crippen molar-refractivity contribution in [1.29, 1.82) is 0 Å². The van der Waals surface area contributed by atoms with Crippen molar-refractivity contribution in [2.75, 3.05) is 0 Å². The van der Waals surface area contributed by atoms with Crippen LogP contribution in [0.4, 0.5) is 0 Å². The van der Waals surface area contributed by atoms with Gasteiger partial charge in [0.2, 0.25) is 0 Å². The molecule has 13 heavy (non-hydrogen) atoms. The van der Waals surface area contributed by atoms with Crippen LogP contribution in [-0.2, 0) is 0 Å². The van der Waals surface area contributed by atoms with Gasteiger partial charge in [0.1, 0.15) is 0 Å². The average Bonchev–Trinajstić information content (AvgIpc) is 2.60. The second-order valence-corrected chi connectivity index (χ2v) is 2.73. The summed E-state index contributed by atoms with van der Waals surface area (Å²) in [5.41, 5.74) is 2.27. The number of aromatic amines is 1. The molecule has 0 atom stereocenters. The topological polar surface area (TPSA) is 32.9 Å². The number of aldehydes is 1. The van der Waals surface area contributed by atoms with Gasteiger partial charge in [-0.2, -0.15) is 0 Å². The SMILES string of the molecule is C#Cc1cccc2[nH]cc(C=O)c12. The van der Waals surface area contributed by atoms with Crippen LogP contribution in [-0.4, -0.2) is 11.3 Å². The summed E-state index contributed by atoms with van der Waals surface area (Å²) in [4.78, 5) is 13.6. The van der Waals surface area contributed by atoms with Crippen LogP contribution >= 0.6 is 0 Å². The van der Waals surface area contributed by atoms with E-state index in [0.717, 1.165) is 22.8 Å². The Balaban J connectivity index is 2.93. The van der Waals surface area contributed by atoms with Gasteiger partial charge in [0.15, 0.2) is 6.29 Å². The molecule has 1 aromatic heterocycles. The van der Waals surface area contributed by atoms with Crippen LogP contribution in [0.1, 0.15) is 15.9 Å². The maximum Gasteiger partial charge on any atom is 0.152 e. The maximum absolute atomic E-state index is 10.7. The lowest BCUT2D eigenvalue weighted by molar-refractivity contribution is 0.112. The normalized spacial score (nSPS) is 9.77. The average molecular weight is 169 g/mol. The second kappa shape index (κ2) is 2.80. The van der Waals surface area contributed by atoms with E-state index in [2.05, 4.69) is 10.9 Å². The van der Waals surface area contributed by atoms with Crippen molar-refractivity contribution in [1.82, 2.24) is 4.98 Å². The third-order valence-corrected chi connectivity index (χ3v) is 2.02. The predicted molar refractivity (Wildman–Crippen MR) is 51.6 cm³/mol. The molecule has 0 saturated heterocycles. The zero-order chi connectivity index (χ0) is 9.26. The van der Waals surface area contributed by atoms with Gasteiger partial charge in [-0.25, -0.2) is 0 Å². The summed E-state index contributed by atoms with van der Waals surface area (Å²) < 4.78 is 0. The highest BCUT2D eigenvalue weighted by molar-refractivity contribution is 6.00. The van der Waals surface area contributed by atoms with Crippen molar-refractivity contribution in [3.05, 3.63) is 35.5 Å². The molecule has 2 rings (SSSR count). The highest BCUT2D eigenvalue weighted by atomic mass is 16.1. The molecule has 1 N–H and O–H groups in total. The molecule has 0 aliphatic carbocycles. The van der Waals surface area contributed by atoms with E-state index in [1.165, 1.54) is 0 Å². The lowest BCUT2D eigenvalue weighted by Gasteiger charge is -1.94. The first-order valence-electron chi connectivity index (χ1n) is 3.88. The van der Waals surface area contributed by atoms with Crippen molar-refractivity contribution >= 4 is 17.2 Å². The Morgan fingerprint density at radius 2 is 2.31 bits per heavy atom. The zero-order valence-corrected chi connectivity index (χ0v) is 6.87. The molecular formula is C11H7NO. The summed E-state index contributed by atoms with van der Waals surface area (Å²) in [6.45, 7) is 0. The van der Waals surface area contributed by atoms with Crippen molar-refractivity contribution in [2.24, 2.45) is 0 Å². The number of aromatic nitrogens is 1. The van der Waals surface area contributed by atoms with Crippen LogP contribution in [0.25, 0.3) is 10.9 Å². The number of carbonyl (C=O) groups excluding carboxylic acids is 1. The van der Waals surface area contributed by atoms with E-state index in [0.29, 0.717) is 5.56 Å². The molecule has 0 spiro atoms. The maximum atomic E-state index is 10.7. The Morgan fingerprint density at radius 1 is 1.46 bits per heavy atom. The molecule has 0 bridgehead atoms. The molecule has 1 aromatic carbocycles. The lowest BCUT2D eigenvalue weighted by Crippen LogP contribution is -1.80. The molecule has 0 radical (unpaired) electrons. The standard InChI is InChI=1S/C11H7NO/c1-2-8-4-3-5-10-11(8)9(7-13)6-12-10/h1,3-7,12H. The molecule has 0 saturated carbocycles. The van der Waals surface area contributed by atoms with Gasteiger partial charge in [-0.3, -0.25) is 4.79 Å². The fourth-order valence-electron chi connectivity index (χ4n) is 1.42. The summed E-state index contributed by atoms with van der Waals surface area (Å²) in [6, 6.07) is 5.58. The molecule has 0 unspecified atom stereocenters. The molecule has 62 valence electrons. The quantitative estimate of drug-likeness (QED) is 0.513. The lowest BCUT2D eigenvalue weighted by atomic mass is 10.1. The zero-order valence-electron chi connectivity index (χ0n) is 6.87. The number of rotatable bonds is 1. The largest absolute Gasteiger partial charge is 0.360 e. The van der Waals surface area contributed by atoms with E-state index in [-0.39, 0.29) is 0 Å². The summed E-state index contributed by atoms with van der Waals surface area (Å²) in [5, 5.41) is 0.833. The van der Waals surface area contributed by atoms with Gasteiger partial charge < -0.3 is 4.98 Å². The van der Waals surface area contributed by atoms with E-state index in [1.807, 2.05) is 18.2 Å². The fourth-order valence-corrected chi connectivity index (χ4v) is 1.42. The minimum absolute atomic E-state index is 0.614. The number of nitrogens with one attached hydrogen (secondary N) is 1. The van der Waals surface area contributed by atoms with E-state index >= 15 is 0 Å². The second-order valence-electron chi connectivity index (χ2n) is 2.73. The molecule has 1 heterocycles. The van der Waals surface area contributed by atoms with Gasteiger partial charge in [-0.15, -0.1) is 6.42 Å². The van der Waals surface area contributed by atoms with Crippen molar-refractivity contribution in [2.45, 2.75) is 0 Å². The molecule has 2 heteroatoms. The van der Waals surface area contributed by atoms with Gasteiger partial charge in [0.25, 0.3) is 0 Å². The van der Waals surface area contributed by atoms with E-state index in [4.69, 9.17) is 6.42 Å². The van der Waals surface area contributed by atoms with Crippen molar-refractivity contribution in [3.8, 4) is 12.3 Å². The fraction of sp³-hybridized carbons (Fsp3) is 0. The number of benzene rings is 1. The third-order valence-electron chi connectivity index (χ3n) is 2.02. The Hall–Kier alpha value is -2.01. The first-order chi connectivity index (χ1) is 6.36. The van der Waals surface area contributed by atoms with Crippen molar-refractivity contribution < 1.29 is 4.79 Å². The van der Waals surface area contributed by atoms with Crippen LogP contribution in [0.3, 0.4) is 0 Å². The minimum atomic E-state index is 0.614. The minimum Gasteiger partial charge on any atom is -0.360 e. The highest BCUT2D eigenvalue weighted by Gasteiger charge is 2.05. The predicted octanol–water partition coefficient (Wildman–Crippen LogP) is 1.96. The smallest absolute Gasteiger partial charge is 0.152 e. The Bertz CT molecular complexity index is 502. The summed E-state index contributed by atoms with van der Waals surface area (Å²) >= 11 is 0. The van der Waals surface area contributed by atoms with Gasteiger partial charge in [0.05, 0.1) is 0 Å². The Morgan fingerprint density at radius 3 is 3.00 bits per heavy atom. The van der Waals surface area contributed by atoms with Crippen LogP contribution in [0, 0.1) is 12.3 Å². The number of hydrogen-bond donors (Lipinski definition) is 1. The summed E-state index contributed by atoms with van der Waals surface area (Å²) in [5.74, 6) is 2.55. The molecule has 2 nitrogen and oxygen atoms in total. The monoisotopic (exact) mass is 169 g/mol. The molecule has 0 aliphatic heterocycles. The number of H-pyrrole nitrogens is 1. The molecule has 2 aromatic rings.